The monoisotopic (exact) mass is 545 g/mol. The number of rotatable bonds is 5. The van der Waals surface area contributed by atoms with Gasteiger partial charge in [-0.1, -0.05) is 20.8 Å². The van der Waals surface area contributed by atoms with E-state index in [1.165, 1.54) is 25.1 Å². The largest absolute Gasteiger partial charge is 0.508 e. The summed E-state index contributed by atoms with van der Waals surface area (Å²) in [6.45, 7) is 6.67. The number of Topliss-reactive ketones (excluding diaryl/α,β-unsaturated/α-hetero) is 2. The van der Waals surface area contributed by atoms with Crippen LogP contribution in [0.25, 0.3) is 5.76 Å². The van der Waals surface area contributed by atoms with Gasteiger partial charge in [0.1, 0.15) is 28.7 Å². The van der Waals surface area contributed by atoms with E-state index < -0.39 is 69.6 Å². The number of aliphatic hydroxyl groups is 3. The average molecular weight is 546 g/mol. The van der Waals surface area contributed by atoms with Gasteiger partial charge < -0.3 is 31.1 Å². The number of amides is 1. The van der Waals surface area contributed by atoms with Crippen LogP contribution in [0.1, 0.15) is 43.9 Å². The minimum atomic E-state index is -2.71. The SMILES string of the molecule is CN(Cc1c(F)cc2c(c1O)C(O)=C1C(=O)[C@]3(O)C(O)=C(C(N)=O)C(=O)[C@@H](N(C)C)[C@@H]3C[C@@H]1C2)CC(C)(C)C. The van der Waals surface area contributed by atoms with E-state index in [0.29, 0.717) is 6.54 Å². The molecule has 6 N–H and O–H groups in total. The summed E-state index contributed by atoms with van der Waals surface area (Å²) in [5.41, 5.74) is 1.49. The molecule has 11 heteroatoms. The molecule has 0 aromatic heterocycles. The van der Waals surface area contributed by atoms with Crippen LogP contribution in [0, 0.1) is 23.1 Å². The van der Waals surface area contributed by atoms with Crippen LogP contribution in [-0.4, -0.2) is 87.0 Å². The second kappa shape index (κ2) is 9.42. The fraction of sp³-hybridized carbons (Fsp3) is 0.536. The number of nitrogens with two attached hydrogens (primary N) is 1. The number of halogens is 1. The van der Waals surface area contributed by atoms with E-state index in [2.05, 4.69) is 0 Å². The summed E-state index contributed by atoms with van der Waals surface area (Å²) in [4.78, 5) is 42.3. The lowest BCUT2D eigenvalue weighted by Crippen LogP contribution is -2.65. The van der Waals surface area contributed by atoms with Crippen LogP contribution in [0.5, 0.6) is 5.75 Å². The highest BCUT2D eigenvalue weighted by Crippen LogP contribution is 2.53. The van der Waals surface area contributed by atoms with E-state index in [4.69, 9.17) is 5.73 Å². The van der Waals surface area contributed by atoms with E-state index in [0.717, 1.165) is 0 Å². The molecule has 0 saturated heterocycles. The second-order valence-corrected chi connectivity index (χ2v) is 12.4. The van der Waals surface area contributed by atoms with Crippen LogP contribution in [0.4, 0.5) is 4.39 Å². The Labute approximate surface area is 226 Å². The normalized spacial score (nSPS) is 27.2. The van der Waals surface area contributed by atoms with Crippen LogP contribution in [0.2, 0.25) is 0 Å². The number of fused-ring (bicyclic) bond motifs is 3. The van der Waals surface area contributed by atoms with Crippen LogP contribution < -0.4 is 5.73 Å². The molecule has 0 radical (unpaired) electrons. The number of carbonyl (C=O) groups is 3. The summed E-state index contributed by atoms with van der Waals surface area (Å²) in [6.07, 6.45) is -0.0126. The summed E-state index contributed by atoms with van der Waals surface area (Å²) in [7, 11) is 4.83. The van der Waals surface area contributed by atoms with Gasteiger partial charge in [0.25, 0.3) is 5.91 Å². The number of aliphatic hydroxyl groups excluding tert-OH is 2. The van der Waals surface area contributed by atoms with Crippen molar-refractivity contribution in [1.82, 2.24) is 9.80 Å². The first kappa shape index (κ1) is 28.7. The number of hydrogen-bond acceptors (Lipinski definition) is 9. The lowest BCUT2D eigenvalue weighted by Gasteiger charge is -2.50. The molecule has 1 aromatic carbocycles. The molecule has 39 heavy (non-hydrogen) atoms. The summed E-state index contributed by atoms with van der Waals surface area (Å²) in [6, 6.07) is 0.0549. The van der Waals surface area contributed by atoms with Crippen molar-refractivity contribution in [1.29, 1.82) is 0 Å². The van der Waals surface area contributed by atoms with E-state index in [-0.39, 0.29) is 47.1 Å². The molecule has 0 bridgehead atoms. The minimum Gasteiger partial charge on any atom is -0.508 e. The van der Waals surface area contributed by atoms with Gasteiger partial charge in [0.15, 0.2) is 11.4 Å². The number of likely N-dealkylation sites (N-methyl/N-ethyl adjacent to an activating group) is 1. The highest BCUT2D eigenvalue weighted by molar-refractivity contribution is 6.24. The van der Waals surface area contributed by atoms with Crippen LogP contribution in [-0.2, 0) is 27.3 Å². The Balaban J connectivity index is 1.87. The van der Waals surface area contributed by atoms with Crippen molar-refractivity contribution in [2.75, 3.05) is 27.7 Å². The molecule has 212 valence electrons. The van der Waals surface area contributed by atoms with Gasteiger partial charge in [-0.25, -0.2) is 4.39 Å². The van der Waals surface area contributed by atoms with Crippen LogP contribution >= 0.6 is 0 Å². The van der Waals surface area contributed by atoms with E-state index in [1.807, 2.05) is 25.7 Å². The number of carbonyl (C=O) groups excluding carboxylic acids is 3. The van der Waals surface area contributed by atoms with Gasteiger partial charge in [0, 0.05) is 30.1 Å². The number of aromatic hydroxyl groups is 1. The Morgan fingerprint density at radius 2 is 1.79 bits per heavy atom. The number of benzene rings is 1. The molecule has 1 saturated carbocycles. The molecule has 1 fully saturated rings. The zero-order valence-corrected chi connectivity index (χ0v) is 23.0. The van der Waals surface area contributed by atoms with Crippen LogP contribution in [0.3, 0.4) is 0 Å². The second-order valence-electron chi connectivity index (χ2n) is 12.4. The predicted molar refractivity (Wildman–Crippen MR) is 140 cm³/mol. The summed E-state index contributed by atoms with van der Waals surface area (Å²) in [5, 5.41) is 45.0. The standard InChI is InChI=1S/C28H36FN3O7/c1-27(2,3)11-32(6)10-14-16(29)9-13-7-12-8-15-20(31(4)5)23(35)19(26(30)38)25(37)28(15,39)24(36)18(12)22(34)17(13)21(14)33/h9,12,15,20,33-34,37,39H,7-8,10-11H2,1-6H3,(H2,30,38)/t12-,15-,20-,28-/m0/s1. The zero-order chi connectivity index (χ0) is 29.4. The van der Waals surface area contributed by atoms with Crippen molar-refractivity contribution in [3.8, 4) is 5.75 Å². The summed E-state index contributed by atoms with van der Waals surface area (Å²) in [5.74, 6) is -8.11. The number of phenolic OH excluding ortho intramolecular Hbond substituents is 1. The van der Waals surface area contributed by atoms with Crippen molar-refractivity contribution in [2.24, 2.45) is 23.0 Å². The first-order valence-corrected chi connectivity index (χ1v) is 12.8. The smallest absolute Gasteiger partial charge is 0.255 e. The Hall–Kier alpha value is -3.28. The van der Waals surface area contributed by atoms with Gasteiger partial charge >= 0.3 is 0 Å². The van der Waals surface area contributed by atoms with E-state index in [1.54, 1.807) is 7.05 Å². The summed E-state index contributed by atoms with van der Waals surface area (Å²) < 4.78 is 15.3. The summed E-state index contributed by atoms with van der Waals surface area (Å²) >= 11 is 0. The Bertz CT molecular complexity index is 1340. The Kier molecular flexibility index (Phi) is 6.94. The average Bonchev–Trinajstić information content (AvgIpc) is 2.77. The molecule has 3 aliphatic rings. The molecule has 0 unspecified atom stereocenters. The lowest BCUT2D eigenvalue weighted by atomic mass is 9.57. The lowest BCUT2D eigenvalue weighted by molar-refractivity contribution is -0.153. The Morgan fingerprint density at radius 1 is 1.18 bits per heavy atom. The van der Waals surface area contributed by atoms with Gasteiger partial charge in [-0.3, -0.25) is 19.3 Å². The molecule has 4 rings (SSSR count). The number of phenols is 1. The highest BCUT2D eigenvalue weighted by atomic mass is 19.1. The van der Waals surface area contributed by atoms with Gasteiger partial charge in [0.2, 0.25) is 5.78 Å². The third-order valence-corrected chi connectivity index (χ3v) is 7.93. The van der Waals surface area contributed by atoms with Crippen molar-refractivity contribution < 1.29 is 39.2 Å². The first-order chi connectivity index (χ1) is 17.9. The molecule has 0 spiro atoms. The molecule has 0 heterocycles. The van der Waals surface area contributed by atoms with Gasteiger partial charge in [0.05, 0.1) is 11.6 Å². The molecule has 1 aromatic rings. The molecule has 3 aliphatic carbocycles. The third kappa shape index (κ3) is 4.42. The quantitative estimate of drug-likeness (QED) is 0.346. The third-order valence-electron chi connectivity index (χ3n) is 7.93. The molecule has 0 aliphatic heterocycles. The van der Waals surface area contributed by atoms with Crippen molar-refractivity contribution in [3.63, 3.8) is 0 Å². The molecular weight excluding hydrogens is 509 g/mol. The molecular formula is C28H36FN3O7. The van der Waals surface area contributed by atoms with Crippen molar-refractivity contribution >= 4 is 23.2 Å². The number of nitrogens with zero attached hydrogens (tertiary/aromatic N) is 2. The maximum absolute atomic E-state index is 15.3. The fourth-order valence-electron chi connectivity index (χ4n) is 6.59. The van der Waals surface area contributed by atoms with Gasteiger partial charge in [-0.15, -0.1) is 0 Å². The number of ketones is 2. The fourth-order valence-corrected chi connectivity index (χ4v) is 6.59. The van der Waals surface area contributed by atoms with Crippen LogP contribution in [0.15, 0.2) is 23.0 Å². The van der Waals surface area contributed by atoms with Gasteiger partial charge in [-0.05, 0) is 56.9 Å². The minimum absolute atomic E-state index is 0.0341. The van der Waals surface area contributed by atoms with E-state index >= 15 is 4.39 Å². The predicted octanol–water partition coefficient (Wildman–Crippen LogP) is 1.58. The Morgan fingerprint density at radius 3 is 2.33 bits per heavy atom. The number of primary amides is 1. The van der Waals surface area contributed by atoms with E-state index in [9.17, 15) is 34.8 Å². The first-order valence-electron chi connectivity index (χ1n) is 12.8. The topological polar surface area (TPSA) is 165 Å². The molecule has 10 nitrogen and oxygen atoms in total. The van der Waals surface area contributed by atoms with Crippen molar-refractivity contribution in [3.05, 3.63) is 45.5 Å². The molecule has 4 atom stereocenters. The maximum atomic E-state index is 15.3. The number of hydrogen-bond donors (Lipinski definition) is 5. The molecule has 1 amide bonds. The highest BCUT2D eigenvalue weighted by Gasteiger charge is 2.64. The van der Waals surface area contributed by atoms with Gasteiger partial charge in [-0.2, -0.15) is 0 Å². The van der Waals surface area contributed by atoms with Crippen molar-refractivity contribution in [2.45, 2.75) is 51.8 Å². The maximum Gasteiger partial charge on any atom is 0.255 e. The zero-order valence-electron chi connectivity index (χ0n) is 23.0.